The van der Waals surface area contributed by atoms with E-state index in [1.165, 1.54) is 0 Å². The Morgan fingerprint density at radius 1 is 1.10 bits per heavy atom. The molecule has 2 saturated heterocycles. The highest BCUT2D eigenvalue weighted by atomic mass is 16.5. The van der Waals surface area contributed by atoms with Gasteiger partial charge < -0.3 is 15.0 Å². The van der Waals surface area contributed by atoms with E-state index in [1.807, 2.05) is 0 Å². The van der Waals surface area contributed by atoms with E-state index in [4.69, 9.17) is 4.74 Å². The van der Waals surface area contributed by atoms with Gasteiger partial charge in [-0.15, -0.1) is 0 Å². The van der Waals surface area contributed by atoms with Crippen LogP contribution in [-0.4, -0.2) is 48.7 Å². The number of likely N-dealkylation sites (tertiary alicyclic amines) is 1. The third kappa shape index (κ3) is 3.98. The Kier molecular flexibility index (Phi) is 4.85. The number of nitrogens with zero attached hydrogens (tertiary/aromatic N) is 1. The summed E-state index contributed by atoms with van der Waals surface area (Å²) in [6.07, 6.45) is 7.15. The third-order valence-corrected chi connectivity index (χ3v) is 5.26. The molecule has 0 aromatic rings. The lowest BCUT2D eigenvalue weighted by atomic mass is 9.93. The Balaban J connectivity index is 1.41. The van der Waals surface area contributed by atoms with Gasteiger partial charge in [-0.05, 0) is 44.4 Å². The van der Waals surface area contributed by atoms with Crippen LogP contribution in [0.4, 0.5) is 0 Å². The van der Waals surface area contributed by atoms with Crippen LogP contribution in [0.15, 0.2) is 0 Å². The second-order valence-electron chi connectivity index (χ2n) is 7.42. The smallest absolute Gasteiger partial charge is 0.225 e. The lowest BCUT2D eigenvalue weighted by Crippen LogP contribution is -2.50. The summed E-state index contributed by atoms with van der Waals surface area (Å²) in [4.78, 5) is 14.2. The molecule has 1 saturated carbocycles. The van der Waals surface area contributed by atoms with E-state index >= 15 is 0 Å². The molecule has 3 rings (SSSR count). The summed E-state index contributed by atoms with van der Waals surface area (Å²) in [5.41, 5.74) is 0. The topological polar surface area (TPSA) is 41.6 Å². The molecule has 0 aromatic carbocycles. The van der Waals surface area contributed by atoms with Crippen molar-refractivity contribution in [3.63, 3.8) is 0 Å². The molecule has 0 radical (unpaired) electrons. The number of carbonyl (C=O) groups excluding carboxylic acids is 1. The van der Waals surface area contributed by atoms with Crippen molar-refractivity contribution in [1.29, 1.82) is 0 Å². The van der Waals surface area contributed by atoms with Crippen molar-refractivity contribution in [3.05, 3.63) is 0 Å². The van der Waals surface area contributed by atoms with Crippen molar-refractivity contribution < 1.29 is 9.53 Å². The molecular formula is C17H30N2O2. The summed E-state index contributed by atoms with van der Waals surface area (Å²) < 4.78 is 5.85. The van der Waals surface area contributed by atoms with Gasteiger partial charge in [-0.25, -0.2) is 0 Å². The zero-order valence-corrected chi connectivity index (χ0v) is 13.5. The van der Waals surface area contributed by atoms with Crippen LogP contribution >= 0.6 is 0 Å². The van der Waals surface area contributed by atoms with Gasteiger partial charge in [0.1, 0.15) is 0 Å². The number of piperidine rings is 1. The fraction of sp³-hybridized carbons (Fsp3) is 0.941. The minimum atomic E-state index is 0.372. The summed E-state index contributed by atoms with van der Waals surface area (Å²) in [6.45, 7) is 7.28. The minimum absolute atomic E-state index is 0.372. The molecule has 1 amide bonds. The van der Waals surface area contributed by atoms with E-state index in [0.717, 1.165) is 58.2 Å². The van der Waals surface area contributed by atoms with Gasteiger partial charge in [-0.1, -0.05) is 13.8 Å². The lowest BCUT2D eigenvalue weighted by Gasteiger charge is -2.38. The van der Waals surface area contributed by atoms with Gasteiger partial charge in [0.05, 0.1) is 6.10 Å². The zero-order valence-electron chi connectivity index (χ0n) is 13.5. The maximum absolute atomic E-state index is 12.1. The van der Waals surface area contributed by atoms with E-state index in [1.54, 1.807) is 0 Å². The van der Waals surface area contributed by atoms with Crippen LogP contribution in [0.5, 0.6) is 0 Å². The van der Waals surface area contributed by atoms with Gasteiger partial charge in [-0.3, -0.25) is 4.79 Å². The molecule has 0 bridgehead atoms. The Labute approximate surface area is 128 Å². The highest BCUT2D eigenvalue weighted by molar-refractivity contribution is 5.81. The largest absolute Gasteiger partial charge is 0.378 e. The van der Waals surface area contributed by atoms with Crippen LogP contribution in [0.25, 0.3) is 0 Å². The molecule has 2 unspecified atom stereocenters. The second kappa shape index (κ2) is 6.66. The third-order valence-electron chi connectivity index (χ3n) is 5.26. The SMILES string of the molecule is CC(C)C1CC(NC2CCN(C(=O)C3CC3)CC2)CCO1. The molecule has 4 nitrogen and oxygen atoms in total. The first kappa shape index (κ1) is 15.3. The summed E-state index contributed by atoms with van der Waals surface area (Å²) in [7, 11) is 0. The molecule has 1 N–H and O–H groups in total. The number of nitrogens with one attached hydrogen (secondary N) is 1. The van der Waals surface area contributed by atoms with E-state index in [2.05, 4.69) is 24.1 Å². The van der Waals surface area contributed by atoms with Crippen LogP contribution in [0.3, 0.4) is 0 Å². The van der Waals surface area contributed by atoms with E-state index < -0.39 is 0 Å². The van der Waals surface area contributed by atoms with Gasteiger partial charge in [0.2, 0.25) is 5.91 Å². The monoisotopic (exact) mass is 294 g/mol. The predicted octanol–water partition coefficient (Wildman–Crippen LogP) is 2.18. The van der Waals surface area contributed by atoms with Crippen molar-refractivity contribution >= 4 is 5.91 Å². The highest BCUT2D eigenvalue weighted by Gasteiger charge is 2.35. The van der Waals surface area contributed by atoms with Gasteiger partial charge in [0.25, 0.3) is 0 Å². The molecule has 4 heteroatoms. The van der Waals surface area contributed by atoms with Crippen LogP contribution in [0.2, 0.25) is 0 Å². The maximum Gasteiger partial charge on any atom is 0.225 e. The van der Waals surface area contributed by atoms with Gasteiger partial charge in [0.15, 0.2) is 0 Å². The fourth-order valence-electron chi connectivity index (χ4n) is 3.63. The summed E-state index contributed by atoms with van der Waals surface area (Å²) >= 11 is 0. The Bertz CT molecular complexity index is 360. The predicted molar refractivity (Wildman–Crippen MR) is 83.1 cm³/mol. The summed E-state index contributed by atoms with van der Waals surface area (Å²) in [6, 6.07) is 1.19. The number of carbonyl (C=O) groups is 1. The normalized spacial score (nSPS) is 31.7. The number of hydrogen-bond acceptors (Lipinski definition) is 3. The first-order chi connectivity index (χ1) is 10.1. The van der Waals surface area contributed by atoms with Gasteiger partial charge >= 0.3 is 0 Å². The van der Waals surface area contributed by atoms with Crippen LogP contribution < -0.4 is 5.32 Å². The molecule has 0 spiro atoms. The quantitative estimate of drug-likeness (QED) is 0.864. The Morgan fingerprint density at radius 3 is 2.43 bits per heavy atom. The number of hydrogen-bond donors (Lipinski definition) is 1. The molecule has 3 aliphatic rings. The Morgan fingerprint density at radius 2 is 1.81 bits per heavy atom. The standard InChI is InChI=1S/C17H30N2O2/c1-12(2)16-11-15(7-10-21-16)18-14-5-8-19(9-6-14)17(20)13-3-4-13/h12-16,18H,3-11H2,1-2H3. The van der Waals surface area contributed by atoms with Crippen molar-refractivity contribution in [2.75, 3.05) is 19.7 Å². The van der Waals surface area contributed by atoms with Crippen molar-refractivity contribution in [2.45, 2.75) is 70.6 Å². The fourth-order valence-corrected chi connectivity index (χ4v) is 3.63. The maximum atomic E-state index is 12.1. The summed E-state index contributed by atoms with van der Waals surface area (Å²) in [5, 5.41) is 3.83. The van der Waals surface area contributed by atoms with Gasteiger partial charge in [0, 0.05) is 37.7 Å². The molecule has 0 aromatic heterocycles. The van der Waals surface area contributed by atoms with Crippen LogP contribution in [0.1, 0.15) is 52.4 Å². The number of rotatable bonds is 4. The van der Waals surface area contributed by atoms with Crippen molar-refractivity contribution in [2.24, 2.45) is 11.8 Å². The van der Waals surface area contributed by atoms with E-state index in [0.29, 0.717) is 35.9 Å². The molecule has 3 fully saturated rings. The molecule has 2 atom stereocenters. The molecule has 21 heavy (non-hydrogen) atoms. The van der Waals surface area contributed by atoms with Crippen LogP contribution in [-0.2, 0) is 9.53 Å². The molecule has 2 heterocycles. The lowest BCUT2D eigenvalue weighted by molar-refractivity contribution is -0.133. The average molecular weight is 294 g/mol. The van der Waals surface area contributed by atoms with Crippen molar-refractivity contribution in [1.82, 2.24) is 10.2 Å². The highest BCUT2D eigenvalue weighted by Crippen LogP contribution is 2.32. The van der Waals surface area contributed by atoms with E-state index in [-0.39, 0.29) is 0 Å². The van der Waals surface area contributed by atoms with E-state index in [9.17, 15) is 4.79 Å². The van der Waals surface area contributed by atoms with Crippen molar-refractivity contribution in [3.8, 4) is 0 Å². The molecule has 120 valence electrons. The first-order valence-electron chi connectivity index (χ1n) is 8.80. The first-order valence-corrected chi connectivity index (χ1v) is 8.80. The number of amides is 1. The second-order valence-corrected chi connectivity index (χ2v) is 7.42. The minimum Gasteiger partial charge on any atom is -0.378 e. The zero-order chi connectivity index (χ0) is 14.8. The summed E-state index contributed by atoms with van der Waals surface area (Å²) in [5.74, 6) is 1.39. The molecule has 2 aliphatic heterocycles. The molecular weight excluding hydrogens is 264 g/mol. The van der Waals surface area contributed by atoms with Crippen LogP contribution in [0, 0.1) is 11.8 Å². The molecule has 1 aliphatic carbocycles. The number of ether oxygens (including phenoxy) is 1. The van der Waals surface area contributed by atoms with Gasteiger partial charge in [-0.2, -0.15) is 0 Å². The average Bonchev–Trinajstić information content (AvgIpc) is 3.32. The Hall–Kier alpha value is -0.610.